The molecule has 19 heavy (non-hydrogen) atoms. The first-order chi connectivity index (χ1) is 9.33. The molecule has 0 unspecified atom stereocenters. The molecule has 2 rings (SSSR count). The highest BCUT2D eigenvalue weighted by atomic mass is 32.1. The highest BCUT2D eigenvalue weighted by Gasteiger charge is 2.05. The van der Waals surface area contributed by atoms with Gasteiger partial charge >= 0.3 is 0 Å². The van der Waals surface area contributed by atoms with Gasteiger partial charge in [0.15, 0.2) is 4.77 Å². The zero-order valence-electron chi connectivity index (χ0n) is 11.3. The molecule has 0 spiro atoms. The van der Waals surface area contributed by atoms with E-state index in [9.17, 15) is 0 Å². The monoisotopic (exact) mass is 276 g/mol. The lowest BCUT2D eigenvalue weighted by molar-refractivity contribution is 0.123. The Kier molecular flexibility index (Phi) is 5.36. The minimum Gasteiger partial charge on any atom is -0.380 e. The number of nitrogens with one attached hydrogen (secondary N) is 1. The summed E-state index contributed by atoms with van der Waals surface area (Å²) in [4.78, 5) is 3.11. The molecule has 1 heterocycles. The number of nitrogens with zero attached hydrogens (tertiary/aromatic N) is 1. The number of rotatable bonds is 7. The molecule has 1 N–H and O–H groups in total. The first kappa shape index (κ1) is 14.0. The van der Waals surface area contributed by atoms with Crippen molar-refractivity contribution in [1.82, 2.24) is 9.55 Å². The number of H-pyrrole nitrogens is 1. The van der Waals surface area contributed by atoms with E-state index in [1.807, 2.05) is 24.4 Å². The van der Waals surface area contributed by atoms with Crippen LogP contribution < -0.4 is 0 Å². The van der Waals surface area contributed by atoms with Crippen molar-refractivity contribution in [3.05, 3.63) is 41.3 Å². The lowest BCUT2D eigenvalue weighted by Crippen LogP contribution is -2.08. The van der Waals surface area contributed by atoms with Gasteiger partial charge < -0.3 is 14.3 Å². The number of unbranched alkanes of at least 4 members (excludes halogenated alkanes) is 1. The summed E-state index contributed by atoms with van der Waals surface area (Å²) in [6.45, 7) is 4.48. The summed E-state index contributed by atoms with van der Waals surface area (Å²) in [6.07, 6.45) is 4.24. The second kappa shape index (κ2) is 7.26. The molecule has 3 nitrogen and oxygen atoms in total. The Morgan fingerprint density at radius 2 is 2.00 bits per heavy atom. The molecular formula is C15H20N2OS. The molecular weight excluding hydrogens is 256 g/mol. The molecule has 0 saturated heterocycles. The van der Waals surface area contributed by atoms with Gasteiger partial charge in [0.2, 0.25) is 0 Å². The number of aromatic nitrogens is 2. The van der Waals surface area contributed by atoms with Crippen molar-refractivity contribution in [3.8, 4) is 11.3 Å². The third-order valence-electron chi connectivity index (χ3n) is 3.04. The van der Waals surface area contributed by atoms with Crippen LogP contribution in [0.25, 0.3) is 11.3 Å². The van der Waals surface area contributed by atoms with Crippen LogP contribution in [-0.2, 0) is 11.3 Å². The van der Waals surface area contributed by atoms with Crippen LogP contribution in [0, 0.1) is 4.77 Å². The number of ether oxygens (including phenoxy) is 1. The Labute approximate surface area is 119 Å². The number of hydrogen-bond donors (Lipinski definition) is 1. The largest absolute Gasteiger partial charge is 0.380 e. The van der Waals surface area contributed by atoms with Gasteiger partial charge in [-0.2, -0.15) is 0 Å². The van der Waals surface area contributed by atoms with Gasteiger partial charge in [0.1, 0.15) is 0 Å². The Hall–Kier alpha value is -1.39. The Morgan fingerprint density at radius 3 is 2.74 bits per heavy atom. The third-order valence-corrected chi connectivity index (χ3v) is 3.38. The quantitative estimate of drug-likeness (QED) is 0.611. The number of benzene rings is 1. The van der Waals surface area contributed by atoms with Crippen LogP contribution >= 0.6 is 12.2 Å². The van der Waals surface area contributed by atoms with E-state index in [4.69, 9.17) is 17.0 Å². The molecule has 0 radical (unpaired) electrons. The average molecular weight is 276 g/mol. The first-order valence-electron chi connectivity index (χ1n) is 6.74. The first-order valence-corrected chi connectivity index (χ1v) is 7.15. The third kappa shape index (κ3) is 3.78. The van der Waals surface area contributed by atoms with E-state index in [-0.39, 0.29) is 0 Å². The maximum atomic E-state index is 5.61. The van der Waals surface area contributed by atoms with Crippen LogP contribution in [0.3, 0.4) is 0 Å². The molecule has 0 amide bonds. The molecule has 1 aromatic heterocycles. The van der Waals surface area contributed by atoms with Crippen molar-refractivity contribution in [2.75, 3.05) is 13.2 Å². The molecule has 102 valence electrons. The predicted molar refractivity (Wildman–Crippen MR) is 80.8 cm³/mol. The van der Waals surface area contributed by atoms with Crippen molar-refractivity contribution in [3.63, 3.8) is 0 Å². The van der Waals surface area contributed by atoms with E-state index in [1.54, 1.807) is 0 Å². The molecule has 0 saturated carbocycles. The summed E-state index contributed by atoms with van der Waals surface area (Å²) >= 11 is 5.33. The minimum absolute atomic E-state index is 0.700. The van der Waals surface area contributed by atoms with Crippen molar-refractivity contribution in [2.24, 2.45) is 0 Å². The summed E-state index contributed by atoms with van der Waals surface area (Å²) in [5.74, 6) is 0. The average Bonchev–Trinajstić information content (AvgIpc) is 2.81. The highest BCUT2D eigenvalue weighted by Crippen LogP contribution is 2.19. The van der Waals surface area contributed by atoms with Crippen LogP contribution in [0.5, 0.6) is 0 Å². The zero-order chi connectivity index (χ0) is 13.5. The van der Waals surface area contributed by atoms with Gasteiger partial charge in [0.05, 0.1) is 12.3 Å². The Morgan fingerprint density at radius 1 is 1.21 bits per heavy atom. The summed E-state index contributed by atoms with van der Waals surface area (Å²) in [7, 11) is 0. The maximum absolute atomic E-state index is 5.61. The molecule has 2 aromatic rings. The molecule has 0 fully saturated rings. The standard InChI is InChI=1S/C15H20N2OS/c1-2-3-10-18-11-9-17-14(12-16-15(17)19)13-7-5-4-6-8-13/h4-8,12H,2-3,9-11H2,1H3,(H,16,19). The second-order valence-corrected chi connectivity index (χ2v) is 4.85. The van der Waals surface area contributed by atoms with E-state index in [0.29, 0.717) is 6.61 Å². The van der Waals surface area contributed by atoms with E-state index < -0.39 is 0 Å². The van der Waals surface area contributed by atoms with Gasteiger partial charge in [0.25, 0.3) is 0 Å². The maximum Gasteiger partial charge on any atom is 0.177 e. The Bertz CT molecular complexity index is 545. The lowest BCUT2D eigenvalue weighted by Gasteiger charge is -2.09. The van der Waals surface area contributed by atoms with Crippen molar-refractivity contribution < 1.29 is 4.74 Å². The van der Waals surface area contributed by atoms with E-state index >= 15 is 0 Å². The number of hydrogen-bond acceptors (Lipinski definition) is 2. The fourth-order valence-electron chi connectivity index (χ4n) is 1.97. The zero-order valence-corrected chi connectivity index (χ0v) is 12.1. The summed E-state index contributed by atoms with van der Waals surface area (Å²) < 4.78 is 8.45. The summed E-state index contributed by atoms with van der Waals surface area (Å²) in [5, 5.41) is 0. The SMILES string of the molecule is CCCCOCCn1c(-c2ccccc2)c[nH]c1=S. The summed E-state index contributed by atoms with van der Waals surface area (Å²) in [5.41, 5.74) is 2.29. The van der Waals surface area contributed by atoms with Gasteiger partial charge in [-0.15, -0.1) is 0 Å². The van der Waals surface area contributed by atoms with E-state index in [2.05, 4.69) is 28.6 Å². The van der Waals surface area contributed by atoms with Crippen LogP contribution in [0.2, 0.25) is 0 Å². The summed E-state index contributed by atoms with van der Waals surface area (Å²) in [6, 6.07) is 10.3. The van der Waals surface area contributed by atoms with Crippen LogP contribution in [-0.4, -0.2) is 22.8 Å². The van der Waals surface area contributed by atoms with Crippen LogP contribution in [0.15, 0.2) is 36.5 Å². The van der Waals surface area contributed by atoms with Gasteiger partial charge in [-0.25, -0.2) is 0 Å². The fraction of sp³-hybridized carbons (Fsp3) is 0.400. The van der Waals surface area contributed by atoms with Crippen LogP contribution in [0.4, 0.5) is 0 Å². The molecule has 0 aliphatic heterocycles. The molecule has 0 aliphatic carbocycles. The lowest BCUT2D eigenvalue weighted by atomic mass is 10.2. The number of aromatic amines is 1. The second-order valence-electron chi connectivity index (χ2n) is 4.46. The molecule has 1 aromatic carbocycles. The topological polar surface area (TPSA) is 29.9 Å². The highest BCUT2D eigenvalue weighted by molar-refractivity contribution is 7.71. The fourth-order valence-corrected chi connectivity index (χ4v) is 2.22. The van der Waals surface area contributed by atoms with Crippen molar-refractivity contribution >= 4 is 12.2 Å². The normalized spacial score (nSPS) is 10.8. The molecule has 4 heteroatoms. The van der Waals surface area contributed by atoms with Gasteiger partial charge in [-0.3, -0.25) is 0 Å². The molecule has 0 bridgehead atoms. The molecule has 0 aliphatic rings. The minimum atomic E-state index is 0.700. The van der Waals surface area contributed by atoms with Crippen LogP contribution in [0.1, 0.15) is 19.8 Å². The van der Waals surface area contributed by atoms with E-state index in [1.165, 1.54) is 12.0 Å². The predicted octanol–water partition coefficient (Wildman–Crippen LogP) is 4.03. The Balaban J connectivity index is 2.04. The number of imidazole rings is 1. The van der Waals surface area contributed by atoms with Crippen molar-refractivity contribution in [2.45, 2.75) is 26.3 Å². The van der Waals surface area contributed by atoms with Gasteiger partial charge in [0, 0.05) is 19.3 Å². The smallest absolute Gasteiger partial charge is 0.177 e. The van der Waals surface area contributed by atoms with E-state index in [0.717, 1.165) is 30.0 Å². The van der Waals surface area contributed by atoms with Gasteiger partial charge in [-0.05, 0) is 24.2 Å². The van der Waals surface area contributed by atoms with Gasteiger partial charge in [-0.1, -0.05) is 43.7 Å². The van der Waals surface area contributed by atoms with Crippen molar-refractivity contribution in [1.29, 1.82) is 0 Å². The molecule has 0 atom stereocenters.